The average molecular weight is 497 g/mol. The second kappa shape index (κ2) is 15.7. The average Bonchev–Trinajstić information content (AvgIpc) is 2.93. The van der Waals surface area contributed by atoms with Crippen molar-refractivity contribution < 1.29 is 8.78 Å². The van der Waals surface area contributed by atoms with Crippen LogP contribution in [0.3, 0.4) is 0 Å². The number of unbranched alkanes of at least 4 members (excludes halogenated alkanes) is 7. The smallest absolute Gasteiger partial charge is 0.174 e. The molecule has 0 fully saturated rings. The first-order chi connectivity index (χ1) is 18.1. The molecule has 192 valence electrons. The molecule has 3 aromatic carbocycles. The third kappa shape index (κ3) is 9.55. The third-order valence-corrected chi connectivity index (χ3v) is 6.56. The Morgan fingerprint density at radius 2 is 0.973 bits per heavy atom. The van der Waals surface area contributed by atoms with E-state index in [9.17, 15) is 8.78 Å². The highest BCUT2D eigenvalue weighted by atomic mass is 19.2. The van der Waals surface area contributed by atoms with E-state index < -0.39 is 11.6 Å². The van der Waals surface area contributed by atoms with E-state index in [-0.39, 0.29) is 5.56 Å². The van der Waals surface area contributed by atoms with Gasteiger partial charge in [0.15, 0.2) is 11.6 Å². The lowest BCUT2D eigenvalue weighted by molar-refractivity contribution is 0.493. The van der Waals surface area contributed by atoms with Crippen molar-refractivity contribution >= 4 is 0 Å². The summed E-state index contributed by atoms with van der Waals surface area (Å²) >= 11 is 0. The van der Waals surface area contributed by atoms with Gasteiger partial charge in [-0.05, 0) is 79.3 Å². The maximum atomic E-state index is 14.5. The van der Waals surface area contributed by atoms with Crippen LogP contribution in [0.15, 0.2) is 60.7 Å². The highest BCUT2D eigenvalue weighted by Crippen LogP contribution is 2.19. The van der Waals surface area contributed by atoms with Crippen molar-refractivity contribution in [1.29, 1.82) is 0 Å². The lowest BCUT2D eigenvalue weighted by Gasteiger charge is -2.05. The Balaban J connectivity index is 1.57. The van der Waals surface area contributed by atoms with Crippen LogP contribution in [0.5, 0.6) is 0 Å². The zero-order valence-electron chi connectivity index (χ0n) is 22.3. The van der Waals surface area contributed by atoms with E-state index in [4.69, 9.17) is 0 Å². The Labute approximate surface area is 222 Å². The number of halogens is 2. The van der Waals surface area contributed by atoms with Gasteiger partial charge in [0, 0.05) is 16.7 Å². The predicted molar refractivity (Wildman–Crippen MR) is 152 cm³/mol. The van der Waals surface area contributed by atoms with E-state index >= 15 is 0 Å². The van der Waals surface area contributed by atoms with E-state index in [1.807, 2.05) is 24.3 Å². The summed E-state index contributed by atoms with van der Waals surface area (Å²) < 4.78 is 29.0. The first kappa shape index (κ1) is 28.2. The highest BCUT2D eigenvalue weighted by molar-refractivity contribution is 5.48. The number of hydrogen-bond acceptors (Lipinski definition) is 0. The molecule has 0 aliphatic heterocycles. The quantitative estimate of drug-likeness (QED) is 0.183. The summed E-state index contributed by atoms with van der Waals surface area (Å²) in [6.07, 6.45) is 12.2. The van der Waals surface area contributed by atoms with Crippen LogP contribution in [0, 0.1) is 35.3 Å². The Hall–Kier alpha value is -3.36. The predicted octanol–water partition coefficient (Wildman–Crippen LogP) is 9.40. The summed E-state index contributed by atoms with van der Waals surface area (Å²) in [5.41, 5.74) is 4.49. The van der Waals surface area contributed by atoms with E-state index in [2.05, 4.69) is 61.8 Å². The Morgan fingerprint density at radius 3 is 1.57 bits per heavy atom. The maximum absolute atomic E-state index is 14.5. The molecule has 0 bridgehead atoms. The lowest BCUT2D eigenvalue weighted by atomic mass is 10.0. The van der Waals surface area contributed by atoms with Gasteiger partial charge in [-0.25, -0.2) is 8.78 Å². The van der Waals surface area contributed by atoms with Crippen molar-refractivity contribution in [3.8, 4) is 23.7 Å². The van der Waals surface area contributed by atoms with Crippen molar-refractivity contribution in [3.63, 3.8) is 0 Å². The van der Waals surface area contributed by atoms with Gasteiger partial charge in [0.1, 0.15) is 0 Å². The van der Waals surface area contributed by atoms with Gasteiger partial charge in [-0.15, -0.1) is 0 Å². The zero-order valence-corrected chi connectivity index (χ0v) is 22.3. The van der Waals surface area contributed by atoms with Crippen LogP contribution in [-0.4, -0.2) is 0 Å². The molecule has 0 aromatic heterocycles. The van der Waals surface area contributed by atoms with Crippen molar-refractivity contribution in [1.82, 2.24) is 0 Å². The first-order valence-electron chi connectivity index (χ1n) is 13.8. The largest absolute Gasteiger partial charge is 0.203 e. The van der Waals surface area contributed by atoms with Crippen LogP contribution in [0.2, 0.25) is 0 Å². The van der Waals surface area contributed by atoms with Crippen molar-refractivity contribution in [2.45, 2.75) is 84.5 Å². The summed E-state index contributed by atoms with van der Waals surface area (Å²) in [6.45, 7) is 4.39. The van der Waals surface area contributed by atoms with Crippen LogP contribution in [0.4, 0.5) is 8.78 Å². The molecule has 0 unspecified atom stereocenters. The van der Waals surface area contributed by atoms with E-state index in [0.717, 1.165) is 42.4 Å². The van der Waals surface area contributed by atoms with E-state index in [1.54, 1.807) is 12.1 Å². The molecule has 0 spiro atoms. The Kier molecular flexibility index (Phi) is 12.0. The second-order valence-electron chi connectivity index (χ2n) is 9.65. The van der Waals surface area contributed by atoms with Crippen LogP contribution >= 0.6 is 0 Å². The molecule has 3 aromatic rings. The molecule has 0 atom stereocenters. The van der Waals surface area contributed by atoms with Crippen molar-refractivity contribution in [2.75, 3.05) is 0 Å². The minimum absolute atomic E-state index is 0.0879. The van der Waals surface area contributed by atoms with Crippen LogP contribution in [0.1, 0.15) is 105 Å². The SMILES string of the molecule is CCCCCCCc1ccc(C#Cc2ccc(C#Cc3ccc(CCCCCC)cc3)cc2)c(F)c1F. The molecule has 3 rings (SSSR count). The Morgan fingerprint density at radius 1 is 0.486 bits per heavy atom. The van der Waals surface area contributed by atoms with Crippen molar-refractivity contribution in [3.05, 3.63) is 106 Å². The topological polar surface area (TPSA) is 0 Å². The minimum atomic E-state index is -0.854. The third-order valence-electron chi connectivity index (χ3n) is 6.56. The highest BCUT2D eigenvalue weighted by Gasteiger charge is 2.12. The summed E-state index contributed by atoms with van der Waals surface area (Å²) in [5, 5.41) is 0. The van der Waals surface area contributed by atoms with Crippen LogP contribution in [-0.2, 0) is 12.8 Å². The molecule has 0 saturated carbocycles. The Bertz CT molecular complexity index is 1230. The standard InChI is InChI=1S/C35H38F2/c1-3-5-7-9-11-13-32-26-27-33(35(37)34(32)36)25-24-31-22-20-30(21-23-31)19-18-29-16-14-28(15-17-29)12-10-8-6-4-2/h14-17,20-23,26-27H,3-13H2,1-2H3. The van der Waals surface area contributed by atoms with Crippen molar-refractivity contribution in [2.24, 2.45) is 0 Å². The van der Waals surface area contributed by atoms with Gasteiger partial charge >= 0.3 is 0 Å². The molecule has 0 N–H and O–H groups in total. The summed E-state index contributed by atoms with van der Waals surface area (Å²) in [5.74, 6) is 10.5. The zero-order chi connectivity index (χ0) is 26.3. The number of aryl methyl sites for hydroxylation is 2. The number of rotatable bonds is 11. The molecule has 0 aliphatic rings. The van der Waals surface area contributed by atoms with Crippen LogP contribution < -0.4 is 0 Å². The van der Waals surface area contributed by atoms with E-state index in [0.29, 0.717) is 12.0 Å². The van der Waals surface area contributed by atoms with Gasteiger partial charge in [0.2, 0.25) is 0 Å². The minimum Gasteiger partial charge on any atom is -0.203 e. The van der Waals surface area contributed by atoms with Crippen LogP contribution in [0.25, 0.3) is 0 Å². The molecule has 2 heteroatoms. The van der Waals surface area contributed by atoms with Gasteiger partial charge in [-0.3, -0.25) is 0 Å². The molecule has 0 nitrogen and oxygen atoms in total. The second-order valence-corrected chi connectivity index (χ2v) is 9.65. The molecular formula is C35H38F2. The fourth-order valence-electron chi connectivity index (χ4n) is 4.23. The van der Waals surface area contributed by atoms with Gasteiger partial charge in [0.05, 0.1) is 5.56 Å². The van der Waals surface area contributed by atoms with Gasteiger partial charge < -0.3 is 0 Å². The fraction of sp³-hybridized carbons (Fsp3) is 0.371. The number of hydrogen-bond donors (Lipinski definition) is 0. The van der Waals surface area contributed by atoms with Gasteiger partial charge in [-0.2, -0.15) is 0 Å². The fourth-order valence-corrected chi connectivity index (χ4v) is 4.23. The summed E-state index contributed by atoms with van der Waals surface area (Å²) in [7, 11) is 0. The molecule has 0 amide bonds. The molecule has 0 aliphatic carbocycles. The first-order valence-corrected chi connectivity index (χ1v) is 13.8. The van der Waals surface area contributed by atoms with E-state index in [1.165, 1.54) is 44.1 Å². The normalized spacial score (nSPS) is 10.4. The molecule has 0 heterocycles. The number of benzene rings is 3. The molecule has 0 radical (unpaired) electrons. The molecular weight excluding hydrogens is 458 g/mol. The summed E-state index contributed by atoms with van der Waals surface area (Å²) in [4.78, 5) is 0. The lowest BCUT2D eigenvalue weighted by Crippen LogP contribution is -1.98. The van der Waals surface area contributed by atoms with Gasteiger partial charge in [-0.1, -0.05) is 101 Å². The molecule has 37 heavy (non-hydrogen) atoms. The molecule has 0 saturated heterocycles. The summed E-state index contributed by atoms with van der Waals surface area (Å²) in [6, 6.07) is 19.2. The van der Waals surface area contributed by atoms with Gasteiger partial charge in [0.25, 0.3) is 0 Å². The maximum Gasteiger partial charge on any atom is 0.174 e. The monoisotopic (exact) mass is 496 g/mol.